The molecule has 0 aliphatic rings. The molecule has 0 saturated heterocycles. The minimum Gasteiger partial charge on any atom is -0.357 e. The number of nitrogens with zero attached hydrogens (tertiary/aromatic N) is 5. The van der Waals surface area contributed by atoms with Crippen LogP contribution in [0.2, 0.25) is 0 Å². The summed E-state index contributed by atoms with van der Waals surface area (Å²) in [6.07, 6.45) is 4.93. The highest BCUT2D eigenvalue weighted by atomic mass is 16.5. The fraction of sp³-hybridized carbons (Fsp3) is 0.316. The molecule has 8 heteroatoms. The van der Waals surface area contributed by atoms with E-state index in [1.807, 2.05) is 43.3 Å². The summed E-state index contributed by atoms with van der Waals surface area (Å²) in [5.41, 5.74) is 1.72. The summed E-state index contributed by atoms with van der Waals surface area (Å²) < 4.78 is 5.26. The molecule has 140 valence electrons. The summed E-state index contributed by atoms with van der Waals surface area (Å²) in [6.45, 7) is 4.14. The fourth-order valence-electron chi connectivity index (χ4n) is 2.41. The summed E-state index contributed by atoms with van der Waals surface area (Å²) in [6, 6.07) is 11.5. The summed E-state index contributed by atoms with van der Waals surface area (Å²) in [5.74, 6) is 1.81. The Hall–Kier alpha value is -3.29. The van der Waals surface area contributed by atoms with Crippen LogP contribution in [0.15, 0.2) is 58.3 Å². The van der Waals surface area contributed by atoms with E-state index in [-0.39, 0.29) is 0 Å². The zero-order chi connectivity index (χ0) is 18.7. The van der Waals surface area contributed by atoms with Crippen molar-refractivity contribution in [2.24, 2.45) is 4.99 Å². The Labute approximate surface area is 158 Å². The third-order valence-corrected chi connectivity index (χ3v) is 3.70. The second kappa shape index (κ2) is 10.0. The van der Waals surface area contributed by atoms with E-state index < -0.39 is 0 Å². The molecule has 8 nitrogen and oxygen atoms in total. The van der Waals surface area contributed by atoms with E-state index in [9.17, 15) is 0 Å². The van der Waals surface area contributed by atoms with Crippen LogP contribution in [0.1, 0.15) is 18.4 Å². The average Bonchev–Trinajstić information content (AvgIpc) is 3.18. The highest BCUT2D eigenvalue weighted by Gasteiger charge is 2.09. The van der Waals surface area contributed by atoms with Crippen molar-refractivity contribution in [2.75, 3.05) is 19.6 Å². The molecular weight excluding hydrogens is 342 g/mol. The lowest BCUT2D eigenvalue weighted by Gasteiger charge is -2.10. The number of aliphatic imine (C=N–C) groups is 1. The first kappa shape index (κ1) is 18.5. The normalized spacial score (nSPS) is 11.4. The predicted molar refractivity (Wildman–Crippen MR) is 103 cm³/mol. The third-order valence-electron chi connectivity index (χ3n) is 3.70. The molecule has 3 rings (SSSR count). The van der Waals surface area contributed by atoms with Crippen LogP contribution in [0.25, 0.3) is 11.6 Å². The van der Waals surface area contributed by atoms with Crippen molar-refractivity contribution in [1.29, 1.82) is 0 Å². The highest BCUT2D eigenvalue weighted by Crippen LogP contribution is 2.13. The van der Waals surface area contributed by atoms with E-state index in [4.69, 9.17) is 4.52 Å². The molecule has 2 N–H and O–H groups in total. The molecular formula is C19H23N7O. The highest BCUT2D eigenvalue weighted by molar-refractivity contribution is 5.79. The number of pyridine rings is 2. The van der Waals surface area contributed by atoms with E-state index in [1.165, 1.54) is 0 Å². The molecule has 0 unspecified atom stereocenters. The van der Waals surface area contributed by atoms with Gasteiger partial charge < -0.3 is 15.2 Å². The maximum absolute atomic E-state index is 5.26. The summed E-state index contributed by atoms with van der Waals surface area (Å²) in [5, 5.41) is 10.5. The monoisotopic (exact) mass is 365 g/mol. The summed E-state index contributed by atoms with van der Waals surface area (Å²) in [4.78, 5) is 17.4. The summed E-state index contributed by atoms with van der Waals surface area (Å²) in [7, 11) is 0. The molecule has 0 fully saturated rings. The Morgan fingerprint density at radius 2 is 1.89 bits per heavy atom. The lowest BCUT2D eigenvalue weighted by molar-refractivity contribution is 0.421. The quantitative estimate of drug-likeness (QED) is 0.464. The number of nitrogens with one attached hydrogen (secondary N) is 2. The molecule has 0 bridgehead atoms. The lowest BCUT2D eigenvalue weighted by Crippen LogP contribution is -2.38. The average molecular weight is 365 g/mol. The predicted octanol–water partition coefficient (Wildman–Crippen LogP) is 1.87. The van der Waals surface area contributed by atoms with E-state index in [2.05, 4.69) is 35.7 Å². The number of hydrogen-bond acceptors (Lipinski definition) is 6. The van der Waals surface area contributed by atoms with Crippen LogP contribution >= 0.6 is 0 Å². The van der Waals surface area contributed by atoms with E-state index in [0.717, 1.165) is 31.2 Å². The number of aromatic nitrogens is 4. The molecule has 0 saturated carbocycles. The van der Waals surface area contributed by atoms with Gasteiger partial charge in [0.25, 0.3) is 5.89 Å². The van der Waals surface area contributed by atoms with Crippen molar-refractivity contribution in [3.05, 3.63) is 60.3 Å². The zero-order valence-corrected chi connectivity index (χ0v) is 15.3. The molecule has 3 aromatic rings. The van der Waals surface area contributed by atoms with E-state index >= 15 is 0 Å². The molecule has 0 aromatic carbocycles. The standard InChI is InChI=1S/C19H23N7O/c1-2-20-19(23-13-9-15-7-3-5-11-21-15)24-14-10-17-25-18(27-26-17)16-8-4-6-12-22-16/h3-8,11-12H,2,9-10,13-14H2,1H3,(H2,20,23,24). The Balaban J connectivity index is 1.49. The molecule has 0 atom stereocenters. The van der Waals surface area contributed by atoms with Crippen LogP contribution in [0, 0.1) is 0 Å². The Kier molecular flexibility index (Phi) is 6.85. The first-order chi connectivity index (χ1) is 13.3. The zero-order valence-electron chi connectivity index (χ0n) is 15.3. The van der Waals surface area contributed by atoms with Gasteiger partial charge >= 0.3 is 0 Å². The van der Waals surface area contributed by atoms with Gasteiger partial charge in [-0.15, -0.1) is 0 Å². The molecule has 0 aliphatic carbocycles. The molecule has 27 heavy (non-hydrogen) atoms. The molecule has 0 amide bonds. The number of hydrogen-bond donors (Lipinski definition) is 2. The van der Waals surface area contributed by atoms with Crippen molar-refractivity contribution >= 4 is 5.96 Å². The van der Waals surface area contributed by atoms with E-state index in [0.29, 0.717) is 30.4 Å². The Morgan fingerprint density at radius 1 is 1.04 bits per heavy atom. The van der Waals surface area contributed by atoms with Gasteiger partial charge in [0.2, 0.25) is 0 Å². The van der Waals surface area contributed by atoms with Gasteiger partial charge in [-0.25, -0.2) is 0 Å². The topological polar surface area (TPSA) is 101 Å². The largest absolute Gasteiger partial charge is 0.357 e. The van der Waals surface area contributed by atoms with Gasteiger partial charge in [0.1, 0.15) is 5.69 Å². The van der Waals surface area contributed by atoms with Crippen molar-refractivity contribution in [2.45, 2.75) is 19.8 Å². The van der Waals surface area contributed by atoms with Gasteiger partial charge in [0.15, 0.2) is 11.8 Å². The Bertz CT molecular complexity index is 834. The number of guanidine groups is 1. The lowest BCUT2D eigenvalue weighted by atomic mass is 10.3. The molecule has 3 heterocycles. The van der Waals surface area contributed by atoms with Gasteiger partial charge in [-0.05, 0) is 31.2 Å². The second-order valence-electron chi connectivity index (χ2n) is 5.74. The smallest absolute Gasteiger partial charge is 0.276 e. The van der Waals surface area contributed by atoms with Crippen LogP contribution in [-0.2, 0) is 12.8 Å². The third kappa shape index (κ3) is 5.88. The van der Waals surface area contributed by atoms with Gasteiger partial charge in [-0.2, -0.15) is 4.98 Å². The first-order valence-corrected chi connectivity index (χ1v) is 9.01. The van der Waals surface area contributed by atoms with Crippen LogP contribution in [0.5, 0.6) is 0 Å². The maximum Gasteiger partial charge on any atom is 0.276 e. The van der Waals surface area contributed by atoms with Gasteiger partial charge in [0, 0.05) is 50.6 Å². The maximum atomic E-state index is 5.26. The molecule has 0 aliphatic heterocycles. The molecule has 0 spiro atoms. The van der Waals surface area contributed by atoms with Crippen molar-refractivity contribution in [1.82, 2.24) is 30.7 Å². The van der Waals surface area contributed by atoms with Crippen LogP contribution < -0.4 is 10.6 Å². The van der Waals surface area contributed by atoms with Gasteiger partial charge in [-0.3, -0.25) is 15.0 Å². The van der Waals surface area contributed by atoms with Gasteiger partial charge in [0.05, 0.1) is 0 Å². The fourth-order valence-corrected chi connectivity index (χ4v) is 2.41. The van der Waals surface area contributed by atoms with Crippen LogP contribution in [0.3, 0.4) is 0 Å². The second-order valence-corrected chi connectivity index (χ2v) is 5.74. The minimum absolute atomic E-state index is 0.426. The van der Waals surface area contributed by atoms with Crippen molar-refractivity contribution < 1.29 is 4.52 Å². The molecule has 3 aromatic heterocycles. The Morgan fingerprint density at radius 3 is 2.63 bits per heavy atom. The first-order valence-electron chi connectivity index (χ1n) is 9.01. The SMILES string of the molecule is CCNC(=NCCc1noc(-c2ccccn2)n1)NCCc1ccccn1. The van der Waals surface area contributed by atoms with Crippen molar-refractivity contribution in [3.8, 4) is 11.6 Å². The van der Waals surface area contributed by atoms with E-state index in [1.54, 1.807) is 12.4 Å². The summed E-state index contributed by atoms with van der Waals surface area (Å²) >= 11 is 0. The van der Waals surface area contributed by atoms with Gasteiger partial charge in [-0.1, -0.05) is 17.3 Å². The minimum atomic E-state index is 0.426. The van der Waals surface area contributed by atoms with Crippen molar-refractivity contribution in [3.63, 3.8) is 0 Å². The van der Waals surface area contributed by atoms with Crippen LogP contribution in [-0.4, -0.2) is 45.7 Å². The van der Waals surface area contributed by atoms with Crippen LogP contribution in [0.4, 0.5) is 0 Å². The number of rotatable bonds is 8. The molecule has 0 radical (unpaired) electrons.